The molecule has 1 aromatic heterocycles. The van der Waals surface area contributed by atoms with E-state index in [-0.39, 0.29) is 5.75 Å². The monoisotopic (exact) mass is 283 g/mol. The molecule has 0 saturated carbocycles. The molecule has 1 amide bonds. The number of halogens is 1. The Morgan fingerprint density at radius 2 is 2.33 bits per heavy atom. The SMILES string of the molecule is Cc1ccc(-n2nnnc2SCC(N)=O)cc1Cl. The van der Waals surface area contributed by atoms with E-state index in [1.54, 1.807) is 6.07 Å². The van der Waals surface area contributed by atoms with E-state index in [1.807, 2.05) is 19.1 Å². The van der Waals surface area contributed by atoms with Crippen LogP contribution in [0, 0.1) is 6.92 Å². The highest BCUT2D eigenvalue weighted by atomic mass is 35.5. The molecule has 2 aromatic rings. The highest BCUT2D eigenvalue weighted by Gasteiger charge is 2.11. The van der Waals surface area contributed by atoms with E-state index in [2.05, 4.69) is 15.5 Å². The van der Waals surface area contributed by atoms with Gasteiger partial charge in [0.2, 0.25) is 11.1 Å². The number of nitrogens with two attached hydrogens (primary N) is 1. The molecule has 0 bridgehead atoms. The van der Waals surface area contributed by atoms with Gasteiger partial charge in [-0.1, -0.05) is 29.4 Å². The third-order valence-electron chi connectivity index (χ3n) is 2.18. The third-order valence-corrected chi connectivity index (χ3v) is 3.53. The Morgan fingerprint density at radius 1 is 1.56 bits per heavy atom. The van der Waals surface area contributed by atoms with Crippen molar-refractivity contribution >= 4 is 29.3 Å². The molecule has 1 heterocycles. The number of thioether (sulfide) groups is 1. The first-order chi connectivity index (χ1) is 8.58. The molecule has 0 unspecified atom stereocenters. The molecule has 2 rings (SSSR count). The molecular weight excluding hydrogens is 274 g/mol. The van der Waals surface area contributed by atoms with Crippen LogP contribution in [0.5, 0.6) is 0 Å². The Kier molecular flexibility index (Phi) is 3.83. The number of benzene rings is 1. The largest absolute Gasteiger partial charge is 0.369 e. The Balaban J connectivity index is 2.30. The van der Waals surface area contributed by atoms with Crippen LogP contribution in [-0.2, 0) is 4.79 Å². The molecule has 6 nitrogen and oxygen atoms in total. The minimum Gasteiger partial charge on any atom is -0.369 e. The molecule has 0 aliphatic heterocycles. The maximum Gasteiger partial charge on any atom is 0.227 e. The summed E-state index contributed by atoms with van der Waals surface area (Å²) in [6.45, 7) is 1.91. The number of nitrogens with zero attached hydrogens (tertiary/aromatic N) is 4. The molecule has 1 aromatic carbocycles. The predicted octanol–water partition coefficient (Wildman–Crippen LogP) is 1.20. The molecule has 18 heavy (non-hydrogen) atoms. The van der Waals surface area contributed by atoms with E-state index >= 15 is 0 Å². The van der Waals surface area contributed by atoms with Gasteiger partial charge in [0.15, 0.2) is 0 Å². The smallest absolute Gasteiger partial charge is 0.227 e. The van der Waals surface area contributed by atoms with Crippen molar-refractivity contribution < 1.29 is 4.79 Å². The number of aryl methyl sites for hydroxylation is 1. The van der Waals surface area contributed by atoms with Crippen LogP contribution in [0.4, 0.5) is 0 Å². The number of hydrogen-bond acceptors (Lipinski definition) is 5. The minimum absolute atomic E-state index is 0.125. The summed E-state index contributed by atoms with van der Waals surface area (Å²) in [5, 5.41) is 12.4. The lowest BCUT2D eigenvalue weighted by Gasteiger charge is -2.05. The zero-order chi connectivity index (χ0) is 13.1. The van der Waals surface area contributed by atoms with E-state index in [0.29, 0.717) is 10.2 Å². The summed E-state index contributed by atoms with van der Waals surface area (Å²) in [6.07, 6.45) is 0. The van der Waals surface area contributed by atoms with Gasteiger partial charge < -0.3 is 5.73 Å². The van der Waals surface area contributed by atoms with Crippen LogP contribution in [0.15, 0.2) is 23.4 Å². The summed E-state index contributed by atoms with van der Waals surface area (Å²) in [6, 6.07) is 5.50. The molecule has 0 saturated heterocycles. The average Bonchev–Trinajstić information content (AvgIpc) is 2.78. The molecule has 0 aliphatic rings. The first kappa shape index (κ1) is 12.8. The summed E-state index contributed by atoms with van der Waals surface area (Å²) in [5.41, 5.74) is 6.79. The molecule has 8 heteroatoms. The standard InChI is InChI=1S/C10H10ClN5OS/c1-6-2-3-7(4-8(6)11)16-10(13-14-15-16)18-5-9(12)17/h2-4H,5H2,1H3,(H2,12,17). The number of hydrogen-bond donors (Lipinski definition) is 1. The second kappa shape index (κ2) is 5.36. The van der Waals surface area contributed by atoms with Gasteiger partial charge in [0.25, 0.3) is 0 Å². The number of carbonyl (C=O) groups excluding carboxylic acids is 1. The lowest BCUT2D eigenvalue weighted by Crippen LogP contribution is -2.13. The maximum atomic E-state index is 10.7. The van der Waals surface area contributed by atoms with Crippen molar-refractivity contribution in [2.24, 2.45) is 5.73 Å². The number of primary amides is 1. The molecular formula is C10H10ClN5OS. The Labute approximate surface area is 112 Å². The van der Waals surface area contributed by atoms with E-state index in [0.717, 1.165) is 11.3 Å². The Morgan fingerprint density at radius 3 is 3.00 bits per heavy atom. The van der Waals surface area contributed by atoms with Crippen LogP contribution in [0.3, 0.4) is 0 Å². The van der Waals surface area contributed by atoms with Crippen molar-refractivity contribution in [3.05, 3.63) is 28.8 Å². The van der Waals surface area contributed by atoms with Gasteiger partial charge in [0.05, 0.1) is 11.4 Å². The van der Waals surface area contributed by atoms with Crippen molar-refractivity contribution in [2.45, 2.75) is 12.1 Å². The summed E-state index contributed by atoms with van der Waals surface area (Å²) in [4.78, 5) is 10.7. The number of carbonyl (C=O) groups is 1. The van der Waals surface area contributed by atoms with E-state index in [1.165, 1.54) is 16.4 Å². The van der Waals surface area contributed by atoms with Crippen molar-refractivity contribution in [3.63, 3.8) is 0 Å². The summed E-state index contributed by atoms with van der Waals surface area (Å²) >= 11 is 7.22. The summed E-state index contributed by atoms with van der Waals surface area (Å²) in [7, 11) is 0. The maximum absolute atomic E-state index is 10.7. The summed E-state index contributed by atoms with van der Waals surface area (Å²) in [5.74, 6) is -0.295. The van der Waals surface area contributed by atoms with E-state index < -0.39 is 5.91 Å². The molecule has 0 radical (unpaired) electrons. The minimum atomic E-state index is -0.420. The van der Waals surface area contributed by atoms with Crippen LogP contribution in [0.1, 0.15) is 5.56 Å². The van der Waals surface area contributed by atoms with Crippen molar-refractivity contribution in [1.29, 1.82) is 0 Å². The van der Waals surface area contributed by atoms with Crippen molar-refractivity contribution in [2.75, 3.05) is 5.75 Å². The molecule has 0 atom stereocenters. The molecule has 0 aliphatic carbocycles. The van der Waals surface area contributed by atoms with Gasteiger partial charge in [-0.25, -0.2) is 0 Å². The van der Waals surface area contributed by atoms with Gasteiger partial charge in [-0.15, -0.1) is 5.10 Å². The van der Waals surface area contributed by atoms with Crippen LogP contribution in [0.25, 0.3) is 5.69 Å². The lowest BCUT2D eigenvalue weighted by molar-refractivity contribution is -0.115. The zero-order valence-electron chi connectivity index (χ0n) is 9.50. The van der Waals surface area contributed by atoms with Crippen molar-refractivity contribution in [1.82, 2.24) is 20.2 Å². The Bertz CT molecular complexity index is 585. The van der Waals surface area contributed by atoms with Crippen LogP contribution < -0.4 is 5.73 Å². The number of amides is 1. The van der Waals surface area contributed by atoms with Crippen LogP contribution in [-0.4, -0.2) is 31.9 Å². The Hall–Kier alpha value is -1.60. The highest BCUT2D eigenvalue weighted by Crippen LogP contribution is 2.22. The van der Waals surface area contributed by atoms with E-state index in [9.17, 15) is 4.79 Å². The van der Waals surface area contributed by atoms with E-state index in [4.69, 9.17) is 17.3 Å². The van der Waals surface area contributed by atoms with Crippen LogP contribution >= 0.6 is 23.4 Å². The average molecular weight is 284 g/mol. The first-order valence-corrected chi connectivity index (χ1v) is 6.40. The molecule has 94 valence electrons. The lowest BCUT2D eigenvalue weighted by atomic mass is 10.2. The fraction of sp³-hybridized carbons (Fsp3) is 0.200. The fourth-order valence-corrected chi connectivity index (χ4v) is 2.08. The highest BCUT2D eigenvalue weighted by molar-refractivity contribution is 7.99. The zero-order valence-corrected chi connectivity index (χ0v) is 11.1. The van der Waals surface area contributed by atoms with Gasteiger partial charge in [0, 0.05) is 5.02 Å². The molecule has 0 spiro atoms. The quantitative estimate of drug-likeness (QED) is 0.852. The van der Waals surface area contributed by atoms with Gasteiger partial charge in [-0.2, -0.15) is 4.68 Å². The summed E-state index contributed by atoms with van der Waals surface area (Å²) < 4.78 is 1.51. The molecule has 2 N–H and O–H groups in total. The van der Waals surface area contributed by atoms with Gasteiger partial charge in [-0.3, -0.25) is 4.79 Å². The topological polar surface area (TPSA) is 86.7 Å². The number of aromatic nitrogens is 4. The fourth-order valence-electron chi connectivity index (χ4n) is 1.28. The molecule has 0 fully saturated rings. The van der Waals surface area contributed by atoms with Crippen molar-refractivity contribution in [3.8, 4) is 5.69 Å². The van der Waals surface area contributed by atoms with Gasteiger partial charge >= 0.3 is 0 Å². The predicted molar refractivity (Wildman–Crippen MR) is 68.8 cm³/mol. The second-order valence-corrected chi connectivity index (χ2v) is 4.91. The van der Waals surface area contributed by atoms with Gasteiger partial charge in [0.1, 0.15) is 0 Å². The van der Waals surface area contributed by atoms with Gasteiger partial charge in [-0.05, 0) is 35.0 Å². The third kappa shape index (κ3) is 2.80. The number of rotatable bonds is 4. The van der Waals surface area contributed by atoms with Crippen LogP contribution in [0.2, 0.25) is 5.02 Å². The number of tetrazole rings is 1. The normalized spacial score (nSPS) is 10.6. The second-order valence-electron chi connectivity index (χ2n) is 3.56. The first-order valence-electron chi connectivity index (χ1n) is 5.04.